The van der Waals surface area contributed by atoms with Crippen molar-refractivity contribution in [2.45, 2.75) is 39.1 Å². The Bertz CT molecular complexity index is 565. The minimum Gasteiger partial charge on any atom is -0.481 e. The van der Waals surface area contributed by atoms with Gasteiger partial charge in [0.25, 0.3) is 0 Å². The Morgan fingerprint density at radius 3 is 2.63 bits per heavy atom. The van der Waals surface area contributed by atoms with E-state index in [9.17, 15) is 0 Å². The van der Waals surface area contributed by atoms with Crippen molar-refractivity contribution in [2.24, 2.45) is 5.92 Å². The van der Waals surface area contributed by atoms with Gasteiger partial charge in [0.05, 0.1) is 12.5 Å². The van der Waals surface area contributed by atoms with Crippen molar-refractivity contribution in [1.29, 1.82) is 0 Å². The molecule has 0 spiro atoms. The Morgan fingerprint density at radius 2 is 2.05 bits per heavy atom. The number of hydrogen-bond donors (Lipinski definition) is 0. The first-order chi connectivity index (χ1) is 9.06. The van der Waals surface area contributed by atoms with Crippen molar-refractivity contribution >= 4 is 22.8 Å². The van der Waals surface area contributed by atoms with Gasteiger partial charge in [0.2, 0.25) is 5.88 Å². The second-order valence-corrected chi connectivity index (χ2v) is 5.56. The predicted molar refractivity (Wildman–Crippen MR) is 77.8 cm³/mol. The van der Waals surface area contributed by atoms with E-state index in [0.717, 1.165) is 30.0 Å². The summed E-state index contributed by atoms with van der Waals surface area (Å²) in [6.45, 7) is 7.21. The highest BCUT2D eigenvalue weighted by Gasteiger charge is 2.17. The van der Waals surface area contributed by atoms with Crippen LogP contribution in [0.15, 0.2) is 12.1 Å². The number of hydrogen-bond acceptors (Lipinski definition) is 3. The zero-order valence-electron chi connectivity index (χ0n) is 11.9. The van der Waals surface area contributed by atoms with Crippen molar-refractivity contribution in [2.75, 3.05) is 7.11 Å². The standard InChI is InChI=1S/C14H20ClN3O/c1-5-9(2)8-18-13(10(3)15)16-11-6-7-12(19-4)17-14(11)18/h6-7,9-10H,5,8H2,1-4H3. The van der Waals surface area contributed by atoms with Gasteiger partial charge in [0.15, 0.2) is 5.65 Å². The van der Waals surface area contributed by atoms with Crippen molar-refractivity contribution in [1.82, 2.24) is 14.5 Å². The molecule has 0 amide bonds. The lowest BCUT2D eigenvalue weighted by Gasteiger charge is -2.14. The minimum atomic E-state index is -0.135. The highest BCUT2D eigenvalue weighted by molar-refractivity contribution is 6.20. The van der Waals surface area contributed by atoms with E-state index in [1.54, 1.807) is 7.11 Å². The molecule has 0 aliphatic carbocycles. The maximum Gasteiger partial charge on any atom is 0.215 e. The second kappa shape index (κ2) is 5.78. The average molecular weight is 282 g/mol. The molecular formula is C14H20ClN3O. The van der Waals surface area contributed by atoms with E-state index in [-0.39, 0.29) is 5.38 Å². The van der Waals surface area contributed by atoms with Gasteiger partial charge in [-0.25, -0.2) is 4.98 Å². The second-order valence-electron chi connectivity index (χ2n) is 4.91. The third-order valence-corrected chi connectivity index (χ3v) is 3.55. The number of methoxy groups -OCH3 is 1. The fourth-order valence-electron chi connectivity index (χ4n) is 2.04. The summed E-state index contributed by atoms with van der Waals surface area (Å²) in [6.07, 6.45) is 1.11. The molecule has 2 aromatic heterocycles. The molecule has 2 unspecified atom stereocenters. The zero-order valence-corrected chi connectivity index (χ0v) is 12.6. The first-order valence-corrected chi connectivity index (χ1v) is 7.05. The van der Waals surface area contributed by atoms with Crippen molar-refractivity contribution in [3.63, 3.8) is 0 Å². The molecule has 0 radical (unpaired) electrons. The number of ether oxygens (including phenoxy) is 1. The van der Waals surface area contributed by atoms with Crippen LogP contribution in [0.2, 0.25) is 0 Å². The molecule has 19 heavy (non-hydrogen) atoms. The van der Waals surface area contributed by atoms with Gasteiger partial charge in [0.1, 0.15) is 11.3 Å². The molecule has 5 heteroatoms. The largest absolute Gasteiger partial charge is 0.481 e. The summed E-state index contributed by atoms with van der Waals surface area (Å²) < 4.78 is 7.31. The van der Waals surface area contributed by atoms with E-state index in [0.29, 0.717) is 11.8 Å². The predicted octanol–water partition coefficient (Wildman–Crippen LogP) is 3.79. The van der Waals surface area contributed by atoms with Crippen LogP contribution < -0.4 is 4.74 Å². The molecule has 2 heterocycles. The van der Waals surface area contributed by atoms with Crippen LogP contribution in [-0.2, 0) is 6.54 Å². The average Bonchev–Trinajstić information content (AvgIpc) is 2.76. The van der Waals surface area contributed by atoms with Crippen molar-refractivity contribution < 1.29 is 4.74 Å². The molecule has 104 valence electrons. The molecule has 4 nitrogen and oxygen atoms in total. The van der Waals surface area contributed by atoms with Crippen LogP contribution in [0.1, 0.15) is 38.4 Å². The van der Waals surface area contributed by atoms with Crippen LogP contribution in [0.3, 0.4) is 0 Å². The highest BCUT2D eigenvalue weighted by Crippen LogP contribution is 2.26. The minimum absolute atomic E-state index is 0.135. The third-order valence-electron chi connectivity index (χ3n) is 3.35. The Kier molecular flexibility index (Phi) is 4.30. The van der Waals surface area contributed by atoms with E-state index < -0.39 is 0 Å². The summed E-state index contributed by atoms with van der Waals surface area (Å²) in [6, 6.07) is 3.75. The van der Waals surface area contributed by atoms with Gasteiger partial charge in [-0.05, 0) is 18.9 Å². The topological polar surface area (TPSA) is 39.9 Å². The molecule has 0 aliphatic heterocycles. The van der Waals surface area contributed by atoms with Gasteiger partial charge in [-0.1, -0.05) is 20.3 Å². The monoisotopic (exact) mass is 281 g/mol. The number of aromatic nitrogens is 3. The van der Waals surface area contributed by atoms with Gasteiger partial charge in [-0.15, -0.1) is 11.6 Å². The number of halogens is 1. The highest BCUT2D eigenvalue weighted by atomic mass is 35.5. The summed E-state index contributed by atoms with van der Waals surface area (Å²) in [4.78, 5) is 9.09. The molecular weight excluding hydrogens is 262 g/mol. The van der Waals surface area contributed by atoms with Crippen LogP contribution in [-0.4, -0.2) is 21.6 Å². The number of nitrogens with zero attached hydrogens (tertiary/aromatic N) is 3. The zero-order chi connectivity index (χ0) is 14.0. The molecule has 0 fully saturated rings. The van der Waals surface area contributed by atoms with Crippen molar-refractivity contribution in [3.8, 4) is 5.88 Å². The third kappa shape index (κ3) is 2.84. The maximum atomic E-state index is 6.24. The molecule has 0 aliphatic rings. The summed E-state index contributed by atoms with van der Waals surface area (Å²) in [5.74, 6) is 2.03. The van der Waals surface area contributed by atoms with Crippen LogP contribution >= 0.6 is 11.6 Å². The van der Waals surface area contributed by atoms with Crippen LogP contribution in [0.5, 0.6) is 5.88 Å². The molecule has 2 rings (SSSR count). The molecule has 2 aromatic rings. The Hall–Kier alpha value is -1.29. The molecule has 2 atom stereocenters. The molecule has 0 N–H and O–H groups in total. The summed E-state index contributed by atoms with van der Waals surface area (Å²) in [5.41, 5.74) is 1.72. The molecule has 0 saturated carbocycles. The summed E-state index contributed by atoms with van der Waals surface area (Å²) in [7, 11) is 1.62. The maximum absolute atomic E-state index is 6.24. The van der Waals surface area contributed by atoms with E-state index in [1.165, 1.54) is 0 Å². The number of alkyl halides is 1. The van der Waals surface area contributed by atoms with E-state index in [1.807, 2.05) is 19.1 Å². The van der Waals surface area contributed by atoms with Crippen LogP contribution in [0, 0.1) is 5.92 Å². The first-order valence-electron chi connectivity index (χ1n) is 6.62. The van der Waals surface area contributed by atoms with Gasteiger partial charge in [0, 0.05) is 12.6 Å². The number of fused-ring (bicyclic) bond motifs is 1. The summed E-state index contributed by atoms with van der Waals surface area (Å²) >= 11 is 6.24. The SMILES string of the molecule is CCC(C)Cn1c(C(C)Cl)nc2ccc(OC)nc21. The normalized spacial score (nSPS) is 14.6. The Balaban J connectivity index is 2.56. The lowest BCUT2D eigenvalue weighted by Crippen LogP contribution is -2.11. The van der Waals surface area contributed by atoms with Gasteiger partial charge >= 0.3 is 0 Å². The number of pyridine rings is 1. The summed E-state index contributed by atoms with van der Waals surface area (Å²) in [5, 5.41) is -0.135. The Morgan fingerprint density at radius 1 is 1.32 bits per heavy atom. The molecule has 0 saturated heterocycles. The molecule has 0 bridgehead atoms. The van der Waals surface area contributed by atoms with Gasteiger partial charge < -0.3 is 9.30 Å². The molecule has 0 aromatic carbocycles. The van der Waals surface area contributed by atoms with E-state index >= 15 is 0 Å². The lowest BCUT2D eigenvalue weighted by molar-refractivity contribution is 0.398. The van der Waals surface area contributed by atoms with Crippen LogP contribution in [0.4, 0.5) is 0 Å². The smallest absolute Gasteiger partial charge is 0.215 e. The van der Waals surface area contributed by atoms with E-state index in [2.05, 4.69) is 28.4 Å². The van der Waals surface area contributed by atoms with Gasteiger partial charge in [-0.3, -0.25) is 0 Å². The lowest BCUT2D eigenvalue weighted by atomic mass is 10.1. The van der Waals surface area contributed by atoms with Crippen LogP contribution in [0.25, 0.3) is 11.2 Å². The fraction of sp³-hybridized carbons (Fsp3) is 0.571. The van der Waals surface area contributed by atoms with E-state index in [4.69, 9.17) is 16.3 Å². The Labute approximate surface area is 118 Å². The fourth-order valence-corrected chi connectivity index (χ4v) is 2.21. The quantitative estimate of drug-likeness (QED) is 0.783. The van der Waals surface area contributed by atoms with Crippen molar-refractivity contribution in [3.05, 3.63) is 18.0 Å². The van der Waals surface area contributed by atoms with Gasteiger partial charge in [-0.2, -0.15) is 4.98 Å². The number of imidazole rings is 1. The number of rotatable bonds is 5. The first kappa shape index (κ1) is 14.1.